The number of likely N-dealkylation sites (tertiary alicyclic amines) is 1. The number of aromatic amines is 1. The quantitative estimate of drug-likeness (QED) is 0.798. The highest BCUT2D eigenvalue weighted by Gasteiger charge is 2.24. The SMILES string of the molecule is O=C(NC1CCN(C(=O)Nc2ccccc2)CC1)c1cc(Cl)c[nH]1. The summed E-state index contributed by atoms with van der Waals surface area (Å²) in [5, 5.41) is 6.35. The van der Waals surface area contributed by atoms with E-state index in [9.17, 15) is 9.59 Å². The molecule has 1 aliphatic heterocycles. The number of piperidine rings is 1. The first-order chi connectivity index (χ1) is 11.6. The minimum atomic E-state index is -0.172. The van der Waals surface area contributed by atoms with Crippen molar-refractivity contribution in [2.75, 3.05) is 18.4 Å². The van der Waals surface area contributed by atoms with Gasteiger partial charge in [-0.05, 0) is 31.0 Å². The van der Waals surface area contributed by atoms with Crippen LogP contribution in [0.2, 0.25) is 5.02 Å². The number of benzene rings is 1. The number of carbonyl (C=O) groups excluding carboxylic acids is 2. The molecule has 0 saturated carbocycles. The summed E-state index contributed by atoms with van der Waals surface area (Å²) in [7, 11) is 0. The zero-order valence-corrected chi connectivity index (χ0v) is 13.8. The van der Waals surface area contributed by atoms with Crippen LogP contribution in [0, 0.1) is 0 Å². The lowest BCUT2D eigenvalue weighted by atomic mass is 10.1. The zero-order valence-electron chi connectivity index (χ0n) is 13.1. The van der Waals surface area contributed by atoms with Crippen molar-refractivity contribution in [2.24, 2.45) is 0 Å². The molecule has 24 heavy (non-hydrogen) atoms. The molecule has 0 aliphatic carbocycles. The Labute approximate surface area is 145 Å². The van der Waals surface area contributed by atoms with Crippen LogP contribution in [-0.4, -0.2) is 41.0 Å². The van der Waals surface area contributed by atoms with Crippen LogP contribution in [0.5, 0.6) is 0 Å². The van der Waals surface area contributed by atoms with E-state index in [0.29, 0.717) is 23.8 Å². The van der Waals surface area contributed by atoms with Crippen molar-refractivity contribution in [3.63, 3.8) is 0 Å². The smallest absolute Gasteiger partial charge is 0.321 e. The highest BCUT2D eigenvalue weighted by atomic mass is 35.5. The molecule has 1 aromatic carbocycles. The number of nitrogens with one attached hydrogen (secondary N) is 3. The Morgan fingerprint density at radius 2 is 1.88 bits per heavy atom. The van der Waals surface area contributed by atoms with Gasteiger partial charge in [0, 0.05) is 31.0 Å². The Morgan fingerprint density at radius 3 is 2.50 bits per heavy atom. The number of aromatic nitrogens is 1. The fourth-order valence-corrected chi connectivity index (χ4v) is 2.88. The molecule has 3 rings (SSSR count). The Hall–Kier alpha value is -2.47. The van der Waals surface area contributed by atoms with Crippen LogP contribution < -0.4 is 10.6 Å². The third-order valence-electron chi connectivity index (χ3n) is 4.03. The number of carbonyl (C=O) groups is 2. The normalized spacial score (nSPS) is 15.1. The first-order valence-corrected chi connectivity index (χ1v) is 8.25. The topological polar surface area (TPSA) is 77.2 Å². The molecule has 2 aromatic rings. The number of halogens is 1. The van der Waals surface area contributed by atoms with E-state index in [4.69, 9.17) is 11.6 Å². The number of rotatable bonds is 3. The summed E-state index contributed by atoms with van der Waals surface area (Å²) >= 11 is 5.81. The Bertz CT molecular complexity index is 708. The highest BCUT2D eigenvalue weighted by molar-refractivity contribution is 6.30. The third kappa shape index (κ3) is 4.08. The van der Waals surface area contributed by atoms with Crippen LogP contribution >= 0.6 is 11.6 Å². The molecule has 1 aliphatic rings. The highest BCUT2D eigenvalue weighted by Crippen LogP contribution is 2.15. The first kappa shape index (κ1) is 16.4. The Kier molecular flexibility index (Phi) is 5.05. The summed E-state index contributed by atoms with van der Waals surface area (Å²) in [5.74, 6) is -0.172. The largest absolute Gasteiger partial charge is 0.356 e. The van der Waals surface area contributed by atoms with Gasteiger partial charge >= 0.3 is 6.03 Å². The molecule has 3 amide bonds. The molecule has 3 N–H and O–H groups in total. The Morgan fingerprint density at radius 1 is 1.17 bits per heavy atom. The van der Waals surface area contributed by atoms with Crippen LogP contribution in [0.3, 0.4) is 0 Å². The number of nitrogens with zero attached hydrogens (tertiary/aromatic N) is 1. The summed E-state index contributed by atoms with van der Waals surface area (Å²) in [6.07, 6.45) is 3.03. The van der Waals surface area contributed by atoms with Gasteiger partial charge in [0.15, 0.2) is 0 Å². The van der Waals surface area contributed by atoms with Crippen LogP contribution in [0.4, 0.5) is 10.5 Å². The molecule has 0 spiro atoms. The van der Waals surface area contributed by atoms with Crippen molar-refractivity contribution < 1.29 is 9.59 Å². The molecule has 7 heteroatoms. The lowest BCUT2D eigenvalue weighted by Gasteiger charge is -2.32. The van der Waals surface area contributed by atoms with E-state index in [1.54, 1.807) is 17.2 Å². The van der Waals surface area contributed by atoms with Gasteiger partial charge in [0.05, 0.1) is 5.02 Å². The zero-order chi connectivity index (χ0) is 16.9. The fraction of sp³-hybridized carbons (Fsp3) is 0.294. The monoisotopic (exact) mass is 346 g/mol. The maximum atomic E-state index is 12.2. The molecule has 6 nitrogen and oxygen atoms in total. The molecular formula is C17H19ClN4O2. The van der Waals surface area contributed by atoms with Crippen LogP contribution in [0.1, 0.15) is 23.3 Å². The fourth-order valence-electron chi connectivity index (χ4n) is 2.71. The number of hydrogen-bond donors (Lipinski definition) is 3. The van der Waals surface area contributed by atoms with E-state index in [-0.39, 0.29) is 18.0 Å². The molecule has 0 atom stereocenters. The van der Waals surface area contributed by atoms with E-state index in [2.05, 4.69) is 15.6 Å². The predicted molar refractivity (Wildman–Crippen MR) is 93.3 cm³/mol. The van der Waals surface area contributed by atoms with Gasteiger partial charge in [-0.1, -0.05) is 29.8 Å². The maximum Gasteiger partial charge on any atom is 0.321 e. The van der Waals surface area contributed by atoms with Crippen molar-refractivity contribution in [1.29, 1.82) is 0 Å². The first-order valence-electron chi connectivity index (χ1n) is 7.87. The summed E-state index contributed by atoms with van der Waals surface area (Å²) in [4.78, 5) is 28.9. The molecule has 0 bridgehead atoms. The van der Waals surface area contributed by atoms with Crippen molar-refractivity contribution >= 4 is 29.2 Å². The number of H-pyrrole nitrogens is 1. The van der Waals surface area contributed by atoms with Gasteiger partial charge in [0.25, 0.3) is 5.91 Å². The summed E-state index contributed by atoms with van der Waals surface area (Å²) in [6.45, 7) is 1.21. The summed E-state index contributed by atoms with van der Waals surface area (Å²) in [6, 6.07) is 10.9. The van der Waals surface area contributed by atoms with E-state index < -0.39 is 0 Å². The lowest BCUT2D eigenvalue weighted by Crippen LogP contribution is -2.47. The van der Waals surface area contributed by atoms with Gasteiger partial charge in [-0.2, -0.15) is 0 Å². The second-order valence-electron chi connectivity index (χ2n) is 5.76. The molecular weight excluding hydrogens is 328 g/mol. The van der Waals surface area contributed by atoms with E-state index in [1.807, 2.05) is 30.3 Å². The third-order valence-corrected chi connectivity index (χ3v) is 4.25. The minimum Gasteiger partial charge on any atom is -0.356 e. The lowest BCUT2D eigenvalue weighted by molar-refractivity contribution is 0.0915. The second kappa shape index (κ2) is 7.40. The number of amides is 3. The van der Waals surface area contributed by atoms with Gasteiger partial charge in [-0.25, -0.2) is 4.79 Å². The van der Waals surface area contributed by atoms with E-state index >= 15 is 0 Å². The minimum absolute atomic E-state index is 0.0559. The molecule has 1 aromatic heterocycles. The van der Waals surface area contributed by atoms with E-state index in [1.165, 1.54) is 0 Å². The number of urea groups is 1. The predicted octanol–water partition coefficient (Wildman–Crippen LogP) is 3.09. The summed E-state index contributed by atoms with van der Waals surface area (Å²) in [5.41, 5.74) is 1.23. The van der Waals surface area contributed by atoms with Gasteiger partial charge in [0.1, 0.15) is 5.69 Å². The second-order valence-corrected chi connectivity index (χ2v) is 6.20. The van der Waals surface area contributed by atoms with Crippen LogP contribution in [0.25, 0.3) is 0 Å². The van der Waals surface area contributed by atoms with Crippen molar-refractivity contribution in [3.05, 3.63) is 53.3 Å². The van der Waals surface area contributed by atoms with E-state index in [0.717, 1.165) is 18.5 Å². The number of para-hydroxylation sites is 1. The molecule has 0 unspecified atom stereocenters. The number of hydrogen-bond acceptors (Lipinski definition) is 2. The maximum absolute atomic E-state index is 12.2. The molecule has 1 saturated heterocycles. The van der Waals surface area contributed by atoms with Gasteiger partial charge in [-0.15, -0.1) is 0 Å². The van der Waals surface area contributed by atoms with Crippen LogP contribution in [-0.2, 0) is 0 Å². The van der Waals surface area contributed by atoms with Crippen molar-refractivity contribution in [2.45, 2.75) is 18.9 Å². The molecule has 2 heterocycles. The van der Waals surface area contributed by atoms with Gasteiger partial charge in [0.2, 0.25) is 0 Å². The molecule has 0 radical (unpaired) electrons. The van der Waals surface area contributed by atoms with Crippen molar-refractivity contribution in [3.8, 4) is 0 Å². The van der Waals surface area contributed by atoms with Gasteiger partial charge < -0.3 is 20.5 Å². The summed E-state index contributed by atoms with van der Waals surface area (Å²) < 4.78 is 0. The van der Waals surface area contributed by atoms with Crippen LogP contribution in [0.15, 0.2) is 42.6 Å². The standard InChI is InChI=1S/C17H19ClN4O2/c18-12-10-15(19-11-12)16(23)20-14-6-8-22(9-7-14)17(24)21-13-4-2-1-3-5-13/h1-5,10-11,14,19H,6-9H2,(H,20,23)(H,21,24). The average molecular weight is 347 g/mol. The van der Waals surface area contributed by atoms with Crippen molar-refractivity contribution in [1.82, 2.24) is 15.2 Å². The van der Waals surface area contributed by atoms with Gasteiger partial charge in [-0.3, -0.25) is 4.79 Å². The number of anilines is 1. The Balaban J connectivity index is 1.47. The molecule has 1 fully saturated rings. The molecule has 126 valence electrons. The average Bonchev–Trinajstić information content (AvgIpc) is 3.03.